The lowest BCUT2D eigenvalue weighted by molar-refractivity contribution is -0.161. The number of esters is 3. The smallest absolute Gasteiger partial charge is 0.463 e. The van der Waals surface area contributed by atoms with Crippen LogP contribution in [0.3, 0.4) is 0 Å². The van der Waals surface area contributed by atoms with Crippen molar-refractivity contribution in [2.75, 3.05) is 39.6 Å². The molecule has 0 aliphatic carbocycles. The van der Waals surface area contributed by atoms with Crippen molar-refractivity contribution >= 4 is 33.6 Å². The first kappa shape index (κ1) is 119. The molecule has 18 heteroatoms. The Morgan fingerprint density at radius 1 is 0.232 bits per heavy atom. The lowest BCUT2D eigenvalue weighted by Crippen LogP contribution is -2.30. The van der Waals surface area contributed by atoms with Gasteiger partial charge in [-0.25, -0.2) is 9.13 Å². The Balaban J connectivity index is 4.61. The minimum atomic E-state index is -4.95. The number of rotatable bonds is 93. The predicted octanol–water partition coefficient (Wildman–Crippen LogP) is 31.3. The highest BCUT2D eigenvalue weighted by Gasteiger charge is 2.30. The summed E-state index contributed by atoms with van der Waals surface area (Å²) in [6, 6.07) is 0. The summed E-state index contributed by atoms with van der Waals surface area (Å²) in [5, 5.41) is 20.8. The third-order valence-corrected chi connectivity index (χ3v) is 22.7. The Hall–Kier alpha value is -5.61. The van der Waals surface area contributed by atoms with Gasteiger partial charge in [0.15, 0.2) is 6.10 Å². The molecule has 5 atom stereocenters. The first-order valence-electron chi connectivity index (χ1n) is 49.7. The van der Waals surface area contributed by atoms with Crippen molar-refractivity contribution in [2.45, 2.75) is 424 Å². The summed E-state index contributed by atoms with van der Waals surface area (Å²) < 4.78 is 61.6. The number of hydrogen-bond acceptors (Lipinski definition) is 14. The molecule has 0 aliphatic heterocycles. The number of hydrogen-bond donors (Lipinski definition) is 4. The van der Waals surface area contributed by atoms with Gasteiger partial charge in [0.1, 0.15) is 25.4 Å². The van der Waals surface area contributed by atoms with Crippen molar-refractivity contribution in [1.82, 2.24) is 0 Å². The summed E-state index contributed by atoms with van der Waals surface area (Å²) in [6.45, 7) is 2.46. The Kier molecular flexibility index (Phi) is 93.1. The molecule has 5 unspecified atom stereocenters. The molecule has 0 radical (unpaired) electrons. The molecule has 714 valence electrons. The summed E-state index contributed by atoms with van der Waals surface area (Å²) in [6.07, 6.45) is 130. The molecular formula is C107H180O16P2. The van der Waals surface area contributed by atoms with E-state index in [1.54, 1.807) is 0 Å². The van der Waals surface area contributed by atoms with E-state index in [4.69, 9.17) is 32.3 Å². The second-order valence-corrected chi connectivity index (χ2v) is 35.7. The minimum Gasteiger partial charge on any atom is -0.463 e. The quantitative estimate of drug-likeness (QED) is 0.0146. The summed E-state index contributed by atoms with van der Waals surface area (Å²) >= 11 is 0. The molecule has 0 amide bonds. The highest BCUT2D eigenvalue weighted by atomic mass is 31.2. The van der Waals surface area contributed by atoms with Gasteiger partial charge in [-0.1, -0.05) is 414 Å². The average Bonchev–Trinajstić information content (AvgIpc) is 0.906. The molecule has 0 rings (SSSR count). The molecule has 0 aliphatic rings. The van der Waals surface area contributed by atoms with Crippen LogP contribution in [0.25, 0.3) is 0 Å². The van der Waals surface area contributed by atoms with Crippen LogP contribution in [0.2, 0.25) is 0 Å². The van der Waals surface area contributed by atoms with E-state index in [1.807, 2.05) is 0 Å². The number of ether oxygens (including phenoxy) is 3. The number of phosphoric acid groups is 2. The molecule has 0 fully saturated rings. The first-order chi connectivity index (χ1) is 61.2. The normalized spacial score (nSPS) is 14.5. The largest absolute Gasteiger partial charge is 0.472 e. The van der Waals surface area contributed by atoms with E-state index in [1.165, 1.54) is 161 Å². The van der Waals surface area contributed by atoms with Gasteiger partial charge in [-0.05, 0) is 167 Å². The Morgan fingerprint density at radius 3 is 0.672 bits per heavy atom. The zero-order valence-electron chi connectivity index (χ0n) is 79.0. The second-order valence-electron chi connectivity index (χ2n) is 32.8. The maximum absolute atomic E-state index is 13.1. The molecule has 0 aromatic carbocycles. The van der Waals surface area contributed by atoms with Gasteiger partial charge in [-0.3, -0.25) is 32.5 Å². The van der Waals surface area contributed by atoms with Gasteiger partial charge in [0.2, 0.25) is 0 Å². The van der Waals surface area contributed by atoms with Crippen LogP contribution in [0, 0.1) is 0 Å². The van der Waals surface area contributed by atoms with Crippen LogP contribution in [-0.2, 0) is 55.8 Å². The standard InChI is InChI=1S/C107H180O16P2/c1-4-7-10-13-16-19-22-25-28-31-34-37-40-43-46-47-48-49-50-51-52-53-56-58-60-63-66-69-72-75-78-81-84-87-90-93-105(110)117-96-102(108)97-119-124(113,114)120-98-103(109)99-121-125(115,116)122-101-104(123-107(112)95-92-89-86-83-80-77-74-71-68-65-62-59-55-45-42-39-36-33-30-27-24-21-18-15-12-9-6-3)100-118-106(111)94-91-88-85-82-79-76-73-70-67-64-61-57-54-44-41-38-35-32-29-26-23-20-17-14-11-8-5-2/h7-8,10-11,16-21,25-30,34-39,43-46,48-49,54-55,61,64,102-104,108-109H,4-6,9,12-15,22-24,31-33,40-42,47,50-53,56-60,62-63,65-101H2,1-3H3,(H,113,114)(H,115,116)/b10-7-,11-8-,19-16-,20-17-,21-18-,28-25-,29-26-,30-27-,37-34-,38-35-,39-36-,46-43-,49-48-,54-44-,55-45-,64-61-. The topological polar surface area (TPSA) is 231 Å². The number of phosphoric ester groups is 2. The lowest BCUT2D eigenvalue weighted by Gasteiger charge is -2.21. The van der Waals surface area contributed by atoms with Crippen LogP contribution < -0.4 is 0 Å². The average molecular weight is 1780 g/mol. The first-order valence-corrected chi connectivity index (χ1v) is 52.7. The molecule has 4 N–H and O–H groups in total. The molecule has 0 spiro atoms. The maximum atomic E-state index is 13.1. The van der Waals surface area contributed by atoms with Gasteiger partial charge < -0.3 is 34.2 Å². The van der Waals surface area contributed by atoms with Gasteiger partial charge in [-0.15, -0.1) is 0 Å². The molecule has 0 aromatic heterocycles. The summed E-state index contributed by atoms with van der Waals surface area (Å²) in [7, 11) is -9.82. The SMILES string of the molecule is CC/C=C\C/C=C\C/C=C\C/C=C\C/C=C\C/C=C\CCCCCCCCCCCCCCCCCCC(=O)OCC(O)COP(=O)(O)OCC(O)COP(=O)(O)OCC(COC(=O)CCCCCCCCCC/C=C\C/C=C\C/C=C\C/C=C\C/C=C\C/C=C\CC)OC(=O)CCCCCCCCCCCCC/C=C\C/C=C\C/C=C\C/C=C\CCCCC. The number of aliphatic hydroxyl groups is 2. The minimum absolute atomic E-state index is 0.0934. The zero-order chi connectivity index (χ0) is 90.7. The van der Waals surface area contributed by atoms with E-state index in [0.29, 0.717) is 19.3 Å². The van der Waals surface area contributed by atoms with Gasteiger partial charge >= 0.3 is 33.6 Å². The van der Waals surface area contributed by atoms with Crippen LogP contribution in [0.1, 0.15) is 406 Å². The molecular weight excluding hydrogens is 1600 g/mol. The molecule has 16 nitrogen and oxygen atoms in total. The number of unbranched alkanes of at least 4 members (excludes halogenated alkanes) is 38. The molecule has 0 saturated carbocycles. The van der Waals surface area contributed by atoms with Gasteiger partial charge in [-0.2, -0.15) is 0 Å². The monoisotopic (exact) mass is 1780 g/mol. The number of aliphatic hydroxyl groups excluding tert-OH is 2. The van der Waals surface area contributed by atoms with Crippen LogP contribution >= 0.6 is 15.6 Å². The Labute approximate surface area is 763 Å². The summed E-state index contributed by atoms with van der Waals surface area (Å²) in [4.78, 5) is 59.2. The number of carbonyl (C=O) groups is 3. The van der Waals surface area contributed by atoms with Crippen molar-refractivity contribution in [3.63, 3.8) is 0 Å². The van der Waals surface area contributed by atoms with Crippen molar-refractivity contribution in [2.24, 2.45) is 0 Å². The van der Waals surface area contributed by atoms with E-state index in [-0.39, 0.29) is 19.3 Å². The molecule has 0 aromatic rings. The number of allylic oxidation sites excluding steroid dienone is 32. The summed E-state index contributed by atoms with van der Waals surface area (Å²) in [5.74, 6) is -1.58. The van der Waals surface area contributed by atoms with E-state index in [2.05, 4.69) is 215 Å². The highest BCUT2D eigenvalue weighted by molar-refractivity contribution is 7.47. The highest BCUT2D eigenvalue weighted by Crippen LogP contribution is 2.45. The maximum Gasteiger partial charge on any atom is 0.472 e. The van der Waals surface area contributed by atoms with E-state index < -0.39 is 91.5 Å². The third-order valence-electron chi connectivity index (χ3n) is 20.8. The zero-order valence-corrected chi connectivity index (χ0v) is 80.7. The van der Waals surface area contributed by atoms with Crippen LogP contribution in [-0.4, -0.2) is 95.9 Å². The molecule has 0 saturated heterocycles. The second kappa shape index (κ2) is 97.4. The van der Waals surface area contributed by atoms with Crippen molar-refractivity contribution in [3.05, 3.63) is 194 Å². The number of carbonyl (C=O) groups excluding carboxylic acids is 3. The van der Waals surface area contributed by atoms with Gasteiger partial charge in [0, 0.05) is 19.3 Å². The van der Waals surface area contributed by atoms with Crippen molar-refractivity contribution < 1.29 is 75.8 Å². The Morgan fingerprint density at radius 2 is 0.424 bits per heavy atom. The molecule has 0 bridgehead atoms. The van der Waals surface area contributed by atoms with E-state index in [9.17, 15) is 43.5 Å². The fourth-order valence-corrected chi connectivity index (χ4v) is 14.9. The fourth-order valence-electron chi connectivity index (χ4n) is 13.3. The van der Waals surface area contributed by atoms with Gasteiger partial charge in [0.05, 0.1) is 26.4 Å². The van der Waals surface area contributed by atoms with Crippen molar-refractivity contribution in [1.29, 1.82) is 0 Å². The van der Waals surface area contributed by atoms with Crippen LogP contribution in [0.4, 0.5) is 0 Å². The Bertz CT molecular complexity index is 3050. The molecule has 0 heterocycles. The predicted molar refractivity (Wildman–Crippen MR) is 528 cm³/mol. The summed E-state index contributed by atoms with van der Waals surface area (Å²) in [5.41, 5.74) is 0. The van der Waals surface area contributed by atoms with E-state index >= 15 is 0 Å². The fraction of sp³-hybridized carbons (Fsp3) is 0.673. The van der Waals surface area contributed by atoms with Crippen molar-refractivity contribution in [3.8, 4) is 0 Å². The van der Waals surface area contributed by atoms with Crippen LogP contribution in [0.15, 0.2) is 194 Å². The third kappa shape index (κ3) is 98.8. The van der Waals surface area contributed by atoms with E-state index in [0.717, 1.165) is 186 Å². The van der Waals surface area contributed by atoms with Crippen LogP contribution in [0.5, 0.6) is 0 Å². The van der Waals surface area contributed by atoms with Gasteiger partial charge in [0.25, 0.3) is 0 Å². The molecule has 125 heavy (non-hydrogen) atoms. The lowest BCUT2D eigenvalue weighted by atomic mass is 10.0.